The largest absolute Gasteiger partial charge is 0.457 e. The van der Waals surface area contributed by atoms with E-state index in [9.17, 15) is 27.6 Å². The molecule has 3 N–H and O–H groups in total. The Morgan fingerprint density at radius 2 is 1.86 bits per heavy atom. The number of carbonyl (C=O) groups is 3. The molecule has 44 heavy (non-hydrogen) atoms. The second-order valence-electron chi connectivity index (χ2n) is 12.0. The number of alkyl carbamates (subject to hydrolysis) is 1. The van der Waals surface area contributed by atoms with E-state index in [1.54, 1.807) is 33.0 Å². The van der Waals surface area contributed by atoms with Crippen LogP contribution < -0.4 is 20.7 Å². The number of halogens is 3. The summed E-state index contributed by atoms with van der Waals surface area (Å²) in [7, 11) is 0. The molecule has 1 atom stereocenters. The number of amides is 3. The van der Waals surface area contributed by atoms with Gasteiger partial charge in [-0.25, -0.2) is 9.78 Å². The Labute approximate surface area is 252 Å². The summed E-state index contributed by atoms with van der Waals surface area (Å²) in [6.07, 6.45) is 1.50. The molecule has 0 saturated heterocycles. The zero-order chi connectivity index (χ0) is 31.6. The van der Waals surface area contributed by atoms with Gasteiger partial charge in [-0.15, -0.1) is 0 Å². The predicted molar refractivity (Wildman–Crippen MR) is 156 cm³/mol. The number of alkyl halides is 3. The van der Waals surface area contributed by atoms with E-state index in [0.29, 0.717) is 49.4 Å². The van der Waals surface area contributed by atoms with Gasteiger partial charge in [-0.1, -0.05) is 6.07 Å². The van der Waals surface area contributed by atoms with E-state index in [-0.39, 0.29) is 29.5 Å². The number of rotatable bonds is 5. The second-order valence-corrected chi connectivity index (χ2v) is 12.0. The van der Waals surface area contributed by atoms with Crippen LogP contribution in [0.15, 0.2) is 65.7 Å². The molecular weight excluding hydrogens is 577 g/mol. The van der Waals surface area contributed by atoms with Gasteiger partial charge in [0.25, 0.3) is 0 Å². The van der Waals surface area contributed by atoms with Gasteiger partial charge in [0.2, 0.25) is 11.8 Å². The minimum absolute atomic E-state index is 0.0148. The number of aryl methyl sites for hydroxylation is 1. The number of carbonyl (C=O) groups excluding carboxylic acids is 3. The quantitative estimate of drug-likeness (QED) is 0.373. The standard InChI is InChI=1S/C32H33F3N4O5/c1-31(2,3)44-30(42)37-17-18-12-22(32(33,34)35)16-23(13-18)38-29(41)20-5-4-19-6-7-24(15-21(19)14-20)43-26-10-11-36-28-25(26)8-9-27(40)39-28/h6-7,10-12,15-17,20H,4-5,8-9,13-14H2,1-3H3,(H,37,42)(H,38,41)(H,36,39,40)/b18-17+. The number of aromatic nitrogens is 1. The molecule has 2 aromatic rings. The lowest BCUT2D eigenvalue weighted by atomic mass is 9.83. The summed E-state index contributed by atoms with van der Waals surface area (Å²) in [4.78, 5) is 41.3. The van der Waals surface area contributed by atoms with Gasteiger partial charge in [-0.3, -0.25) is 14.9 Å². The summed E-state index contributed by atoms with van der Waals surface area (Å²) >= 11 is 0. The van der Waals surface area contributed by atoms with Crippen molar-refractivity contribution in [3.63, 3.8) is 0 Å². The fourth-order valence-corrected chi connectivity index (χ4v) is 5.31. The summed E-state index contributed by atoms with van der Waals surface area (Å²) in [6.45, 7) is 5.02. The number of benzene rings is 1. The van der Waals surface area contributed by atoms with Crippen LogP contribution in [0.4, 0.5) is 23.8 Å². The Morgan fingerprint density at radius 3 is 2.61 bits per heavy atom. The van der Waals surface area contributed by atoms with Gasteiger partial charge < -0.3 is 20.1 Å². The lowest BCUT2D eigenvalue weighted by Gasteiger charge is -2.26. The van der Waals surface area contributed by atoms with Crippen molar-refractivity contribution < 1.29 is 37.0 Å². The fourth-order valence-electron chi connectivity index (χ4n) is 5.31. The molecule has 5 rings (SSSR count). The molecule has 0 fully saturated rings. The molecular formula is C32H33F3N4O5. The van der Waals surface area contributed by atoms with Crippen LogP contribution in [0.25, 0.3) is 0 Å². The van der Waals surface area contributed by atoms with E-state index in [2.05, 4.69) is 20.9 Å². The van der Waals surface area contributed by atoms with Gasteiger partial charge in [-0.2, -0.15) is 13.2 Å². The van der Waals surface area contributed by atoms with Crippen LogP contribution in [-0.4, -0.2) is 34.7 Å². The van der Waals surface area contributed by atoms with Crippen LogP contribution in [0.5, 0.6) is 11.5 Å². The molecule has 3 aliphatic rings. The first-order valence-electron chi connectivity index (χ1n) is 14.3. The Balaban J connectivity index is 1.27. The third-order valence-corrected chi connectivity index (χ3v) is 7.33. The van der Waals surface area contributed by atoms with Crippen LogP contribution in [0.1, 0.15) is 56.7 Å². The molecule has 1 aromatic carbocycles. The first kappa shape index (κ1) is 30.8. The summed E-state index contributed by atoms with van der Waals surface area (Å²) < 4.78 is 52.3. The van der Waals surface area contributed by atoms with Crippen molar-refractivity contribution in [1.82, 2.24) is 15.6 Å². The number of pyridine rings is 1. The van der Waals surface area contributed by atoms with Crippen LogP contribution in [0, 0.1) is 5.92 Å². The van der Waals surface area contributed by atoms with Gasteiger partial charge in [0.05, 0.1) is 5.57 Å². The van der Waals surface area contributed by atoms with Gasteiger partial charge >= 0.3 is 12.3 Å². The lowest BCUT2D eigenvalue weighted by molar-refractivity contribution is -0.124. The molecule has 0 bridgehead atoms. The Bertz CT molecular complexity index is 1590. The van der Waals surface area contributed by atoms with Crippen molar-refractivity contribution in [2.45, 2.75) is 71.1 Å². The van der Waals surface area contributed by atoms with Crippen LogP contribution in [0.3, 0.4) is 0 Å². The SMILES string of the molecule is CC(C)(C)OC(=O)N/C=C1\C=C(C(F)(F)F)C=C(NC(=O)C2CCc3ccc(Oc4ccnc5c4CCC(=O)N5)cc3C2)C1. The maximum absolute atomic E-state index is 13.7. The van der Waals surface area contributed by atoms with E-state index < -0.39 is 29.4 Å². The van der Waals surface area contributed by atoms with E-state index in [1.807, 2.05) is 18.2 Å². The molecule has 0 spiro atoms. The molecule has 12 heteroatoms. The van der Waals surface area contributed by atoms with Gasteiger partial charge in [0.1, 0.15) is 22.9 Å². The highest BCUT2D eigenvalue weighted by atomic mass is 19.4. The number of fused-ring (bicyclic) bond motifs is 2. The number of hydrogen-bond donors (Lipinski definition) is 3. The molecule has 1 unspecified atom stereocenters. The summed E-state index contributed by atoms with van der Waals surface area (Å²) in [5.74, 6) is 0.692. The van der Waals surface area contributed by atoms with Crippen molar-refractivity contribution in [1.29, 1.82) is 0 Å². The number of nitrogens with one attached hydrogen (secondary N) is 3. The van der Waals surface area contributed by atoms with E-state index in [4.69, 9.17) is 9.47 Å². The average molecular weight is 611 g/mol. The molecule has 232 valence electrons. The van der Waals surface area contributed by atoms with E-state index in [1.165, 1.54) is 0 Å². The van der Waals surface area contributed by atoms with Crippen molar-refractivity contribution in [3.05, 3.63) is 82.3 Å². The van der Waals surface area contributed by atoms with E-state index >= 15 is 0 Å². The average Bonchev–Trinajstić information content (AvgIpc) is 2.94. The third-order valence-electron chi connectivity index (χ3n) is 7.33. The van der Waals surface area contributed by atoms with Crippen molar-refractivity contribution >= 4 is 23.7 Å². The number of ether oxygens (including phenoxy) is 2. The zero-order valence-electron chi connectivity index (χ0n) is 24.6. The monoisotopic (exact) mass is 610 g/mol. The van der Waals surface area contributed by atoms with Gasteiger partial charge in [0, 0.05) is 42.4 Å². The topological polar surface area (TPSA) is 119 Å². The van der Waals surface area contributed by atoms with Crippen LogP contribution in [-0.2, 0) is 33.6 Å². The summed E-state index contributed by atoms with van der Waals surface area (Å²) in [6, 6.07) is 7.41. The highest BCUT2D eigenvalue weighted by Gasteiger charge is 2.35. The molecule has 0 saturated carbocycles. The number of hydrogen-bond acceptors (Lipinski definition) is 6. The highest BCUT2D eigenvalue weighted by Crippen LogP contribution is 2.36. The van der Waals surface area contributed by atoms with E-state index in [0.717, 1.165) is 35.0 Å². The number of anilines is 1. The van der Waals surface area contributed by atoms with Crippen LogP contribution in [0.2, 0.25) is 0 Å². The number of nitrogens with zero attached hydrogens (tertiary/aromatic N) is 1. The van der Waals surface area contributed by atoms with Crippen molar-refractivity contribution in [3.8, 4) is 11.5 Å². The predicted octanol–water partition coefficient (Wildman–Crippen LogP) is 6.16. The molecule has 0 radical (unpaired) electrons. The lowest BCUT2D eigenvalue weighted by Crippen LogP contribution is -2.34. The third kappa shape index (κ3) is 7.66. The van der Waals surface area contributed by atoms with Crippen molar-refractivity contribution in [2.24, 2.45) is 5.92 Å². The van der Waals surface area contributed by atoms with Gasteiger partial charge in [0.15, 0.2) is 0 Å². The smallest absolute Gasteiger partial charge is 0.416 e. The Morgan fingerprint density at radius 1 is 1.07 bits per heavy atom. The summed E-state index contributed by atoms with van der Waals surface area (Å²) in [5, 5.41) is 7.80. The zero-order valence-corrected chi connectivity index (χ0v) is 24.6. The molecule has 1 aromatic heterocycles. The minimum atomic E-state index is -4.65. The fraction of sp³-hybridized carbons (Fsp3) is 0.375. The first-order valence-corrected chi connectivity index (χ1v) is 14.3. The number of allylic oxidation sites excluding steroid dienone is 4. The molecule has 1 aliphatic heterocycles. The Hall–Kier alpha value is -4.61. The highest BCUT2D eigenvalue weighted by molar-refractivity contribution is 5.93. The molecule has 2 heterocycles. The normalized spacial score (nSPS) is 19.1. The molecule has 2 aliphatic carbocycles. The minimum Gasteiger partial charge on any atom is -0.457 e. The summed E-state index contributed by atoms with van der Waals surface area (Å²) in [5.41, 5.74) is 1.33. The maximum Gasteiger partial charge on any atom is 0.416 e. The van der Waals surface area contributed by atoms with Gasteiger partial charge in [-0.05, 0) is 93.5 Å². The molecule has 3 amide bonds. The maximum atomic E-state index is 13.7. The molecule has 9 nitrogen and oxygen atoms in total. The van der Waals surface area contributed by atoms with Crippen molar-refractivity contribution in [2.75, 3.05) is 5.32 Å². The Kier molecular flexibility index (Phi) is 8.53. The van der Waals surface area contributed by atoms with Crippen LogP contribution >= 0.6 is 0 Å². The first-order chi connectivity index (χ1) is 20.7. The second kappa shape index (κ2) is 12.2.